The maximum atomic E-state index is 12.2. The zero-order valence-corrected chi connectivity index (χ0v) is 12.3. The van der Waals surface area contributed by atoms with Gasteiger partial charge in [0, 0.05) is 15.3 Å². The molecule has 5 heteroatoms. The molecular weight excluding hydrogens is 294 g/mol. The third-order valence-corrected chi connectivity index (χ3v) is 4.31. The number of rotatable bonds is 3. The number of amides is 1. The number of hydrogen-bond acceptors (Lipinski definition) is 3. The number of furan rings is 1. The normalized spacial score (nSPS) is 12.5. The van der Waals surface area contributed by atoms with E-state index >= 15 is 0 Å². The monoisotopic (exact) mass is 305 g/mol. The van der Waals surface area contributed by atoms with Crippen LogP contribution in [-0.2, 0) is 0 Å². The van der Waals surface area contributed by atoms with Crippen LogP contribution in [0.5, 0.6) is 0 Å². The first-order valence-corrected chi connectivity index (χ1v) is 7.42. The van der Waals surface area contributed by atoms with E-state index in [-0.39, 0.29) is 11.9 Å². The molecule has 0 aliphatic heterocycles. The highest BCUT2D eigenvalue weighted by Crippen LogP contribution is 2.24. The highest BCUT2D eigenvalue weighted by atomic mass is 35.5. The molecular formula is C15H12ClNO2S. The van der Waals surface area contributed by atoms with Gasteiger partial charge >= 0.3 is 0 Å². The molecule has 0 aliphatic carbocycles. The van der Waals surface area contributed by atoms with Crippen LogP contribution in [0.4, 0.5) is 0 Å². The van der Waals surface area contributed by atoms with Crippen molar-refractivity contribution >= 4 is 39.8 Å². The molecule has 3 rings (SSSR count). The second-order valence-corrected chi connectivity index (χ2v) is 5.92. The Kier molecular flexibility index (Phi) is 3.51. The molecule has 1 N–H and O–H groups in total. The third-order valence-electron chi connectivity index (χ3n) is 3.02. The summed E-state index contributed by atoms with van der Waals surface area (Å²) in [7, 11) is 0. The Balaban J connectivity index is 1.82. The molecule has 0 radical (unpaired) electrons. The van der Waals surface area contributed by atoms with E-state index in [1.165, 1.54) is 0 Å². The summed E-state index contributed by atoms with van der Waals surface area (Å²) in [6.45, 7) is 1.95. The second kappa shape index (κ2) is 5.31. The maximum absolute atomic E-state index is 12.2. The van der Waals surface area contributed by atoms with Gasteiger partial charge in [-0.15, -0.1) is 11.3 Å². The Morgan fingerprint density at radius 3 is 2.95 bits per heavy atom. The molecule has 0 saturated heterocycles. The Bertz CT molecular complexity index is 748. The fraction of sp³-hybridized carbons (Fsp3) is 0.133. The Hall–Kier alpha value is -1.78. The Labute approximate surface area is 125 Å². The van der Waals surface area contributed by atoms with E-state index in [2.05, 4.69) is 5.32 Å². The first-order chi connectivity index (χ1) is 9.63. The average molecular weight is 306 g/mol. The zero-order valence-electron chi connectivity index (χ0n) is 10.7. The van der Waals surface area contributed by atoms with Gasteiger partial charge in [-0.1, -0.05) is 17.7 Å². The average Bonchev–Trinajstić information content (AvgIpc) is 3.07. The Morgan fingerprint density at radius 1 is 1.35 bits per heavy atom. The molecule has 1 amide bonds. The molecule has 0 aliphatic rings. The van der Waals surface area contributed by atoms with Crippen LogP contribution in [0.1, 0.15) is 28.4 Å². The predicted octanol–water partition coefficient (Wildman–Crippen LogP) is 4.64. The maximum Gasteiger partial charge on any atom is 0.287 e. The third kappa shape index (κ3) is 2.57. The zero-order chi connectivity index (χ0) is 14.1. The van der Waals surface area contributed by atoms with Crippen LogP contribution in [0.2, 0.25) is 5.02 Å². The lowest BCUT2D eigenvalue weighted by molar-refractivity contribution is 0.0914. The molecule has 1 aromatic carbocycles. The van der Waals surface area contributed by atoms with Crippen molar-refractivity contribution < 1.29 is 9.21 Å². The molecule has 2 heterocycles. The lowest BCUT2D eigenvalue weighted by Gasteiger charge is -2.10. The predicted molar refractivity (Wildman–Crippen MR) is 81.4 cm³/mol. The van der Waals surface area contributed by atoms with Gasteiger partial charge in [-0.25, -0.2) is 0 Å². The van der Waals surface area contributed by atoms with Gasteiger partial charge in [0.1, 0.15) is 5.58 Å². The molecule has 2 aromatic heterocycles. The van der Waals surface area contributed by atoms with Gasteiger partial charge in [0.2, 0.25) is 0 Å². The number of hydrogen-bond donors (Lipinski definition) is 1. The van der Waals surface area contributed by atoms with E-state index in [0.29, 0.717) is 16.4 Å². The van der Waals surface area contributed by atoms with Crippen molar-refractivity contribution in [1.29, 1.82) is 0 Å². The smallest absolute Gasteiger partial charge is 0.287 e. The highest BCUT2D eigenvalue weighted by molar-refractivity contribution is 7.10. The first-order valence-electron chi connectivity index (χ1n) is 6.17. The van der Waals surface area contributed by atoms with Gasteiger partial charge in [-0.3, -0.25) is 4.79 Å². The van der Waals surface area contributed by atoms with Gasteiger partial charge in [0.25, 0.3) is 5.91 Å². The SMILES string of the molecule is CC(NC(=O)c1cc2cc(Cl)ccc2o1)c1cccs1. The van der Waals surface area contributed by atoms with Gasteiger partial charge in [-0.2, -0.15) is 0 Å². The number of nitrogens with one attached hydrogen (secondary N) is 1. The van der Waals surface area contributed by atoms with Crippen molar-refractivity contribution in [3.8, 4) is 0 Å². The molecule has 3 nitrogen and oxygen atoms in total. The first kappa shape index (κ1) is 13.2. The number of thiophene rings is 1. The van der Waals surface area contributed by atoms with Crippen LogP contribution >= 0.6 is 22.9 Å². The number of carbonyl (C=O) groups is 1. The number of halogens is 1. The summed E-state index contributed by atoms with van der Waals surface area (Å²) in [6.07, 6.45) is 0. The highest BCUT2D eigenvalue weighted by Gasteiger charge is 2.16. The molecule has 1 unspecified atom stereocenters. The van der Waals surface area contributed by atoms with Crippen LogP contribution in [0, 0.1) is 0 Å². The summed E-state index contributed by atoms with van der Waals surface area (Å²) in [5.41, 5.74) is 0.656. The van der Waals surface area contributed by atoms with Crippen molar-refractivity contribution in [1.82, 2.24) is 5.32 Å². The van der Waals surface area contributed by atoms with Crippen molar-refractivity contribution in [2.75, 3.05) is 0 Å². The molecule has 0 bridgehead atoms. The molecule has 0 spiro atoms. The number of carbonyl (C=O) groups excluding carboxylic acids is 1. The van der Waals surface area contributed by atoms with E-state index in [1.54, 1.807) is 35.6 Å². The number of benzene rings is 1. The van der Waals surface area contributed by atoms with Crippen LogP contribution in [-0.4, -0.2) is 5.91 Å². The quantitative estimate of drug-likeness (QED) is 0.766. The fourth-order valence-corrected chi connectivity index (χ4v) is 2.92. The lowest BCUT2D eigenvalue weighted by Crippen LogP contribution is -2.25. The second-order valence-electron chi connectivity index (χ2n) is 4.50. The largest absolute Gasteiger partial charge is 0.451 e. The van der Waals surface area contributed by atoms with Crippen molar-refractivity contribution in [2.24, 2.45) is 0 Å². The molecule has 0 fully saturated rings. The van der Waals surface area contributed by atoms with E-state index in [0.717, 1.165) is 10.3 Å². The van der Waals surface area contributed by atoms with Crippen molar-refractivity contribution in [3.63, 3.8) is 0 Å². The van der Waals surface area contributed by atoms with E-state index < -0.39 is 0 Å². The summed E-state index contributed by atoms with van der Waals surface area (Å²) in [5, 5.41) is 6.35. The molecule has 102 valence electrons. The van der Waals surface area contributed by atoms with E-state index in [9.17, 15) is 4.79 Å². The molecule has 1 atom stereocenters. The summed E-state index contributed by atoms with van der Waals surface area (Å²) < 4.78 is 5.54. The van der Waals surface area contributed by atoms with Gasteiger partial charge in [-0.05, 0) is 42.6 Å². The minimum atomic E-state index is -0.224. The van der Waals surface area contributed by atoms with Gasteiger partial charge in [0.05, 0.1) is 6.04 Å². The van der Waals surface area contributed by atoms with Crippen LogP contribution in [0.25, 0.3) is 11.0 Å². The van der Waals surface area contributed by atoms with E-state index in [1.807, 2.05) is 24.4 Å². The topological polar surface area (TPSA) is 42.2 Å². The van der Waals surface area contributed by atoms with Crippen molar-refractivity contribution in [3.05, 3.63) is 57.4 Å². The van der Waals surface area contributed by atoms with Crippen LogP contribution in [0.3, 0.4) is 0 Å². The van der Waals surface area contributed by atoms with Gasteiger partial charge < -0.3 is 9.73 Å². The van der Waals surface area contributed by atoms with Crippen molar-refractivity contribution in [2.45, 2.75) is 13.0 Å². The number of fused-ring (bicyclic) bond motifs is 1. The molecule has 20 heavy (non-hydrogen) atoms. The summed E-state index contributed by atoms with van der Waals surface area (Å²) in [5.74, 6) is 0.0731. The lowest BCUT2D eigenvalue weighted by atomic mass is 10.2. The minimum absolute atomic E-state index is 0.0423. The Morgan fingerprint density at radius 2 is 2.20 bits per heavy atom. The summed E-state index contributed by atoms with van der Waals surface area (Å²) >= 11 is 7.53. The van der Waals surface area contributed by atoms with E-state index in [4.69, 9.17) is 16.0 Å². The molecule has 0 saturated carbocycles. The standard InChI is InChI=1S/C15H12ClNO2S/c1-9(14-3-2-6-20-14)17-15(18)13-8-10-7-11(16)4-5-12(10)19-13/h2-9H,1H3,(H,17,18). The van der Waals surface area contributed by atoms with Crippen LogP contribution in [0.15, 0.2) is 46.2 Å². The summed E-state index contributed by atoms with van der Waals surface area (Å²) in [6, 6.07) is 10.9. The molecule has 3 aromatic rings. The van der Waals surface area contributed by atoms with Gasteiger partial charge in [0.15, 0.2) is 5.76 Å². The summed E-state index contributed by atoms with van der Waals surface area (Å²) in [4.78, 5) is 13.3. The van der Waals surface area contributed by atoms with Crippen LogP contribution < -0.4 is 5.32 Å². The minimum Gasteiger partial charge on any atom is -0.451 e. The fourth-order valence-electron chi connectivity index (χ4n) is 2.00.